The van der Waals surface area contributed by atoms with Gasteiger partial charge in [0.2, 0.25) is 11.7 Å². The van der Waals surface area contributed by atoms with Crippen molar-refractivity contribution in [2.45, 2.75) is 6.54 Å². The molecule has 0 aliphatic heterocycles. The predicted molar refractivity (Wildman–Crippen MR) is 103 cm³/mol. The molecule has 2 aromatic carbocycles. The van der Waals surface area contributed by atoms with Crippen molar-refractivity contribution in [3.8, 4) is 23.0 Å². The van der Waals surface area contributed by atoms with E-state index < -0.39 is 17.5 Å². The highest BCUT2D eigenvalue weighted by molar-refractivity contribution is 6.30. The van der Waals surface area contributed by atoms with Gasteiger partial charge in [-0.25, -0.2) is 8.78 Å². The normalized spacial score (nSPS) is 10.9. The van der Waals surface area contributed by atoms with Crippen molar-refractivity contribution < 1.29 is 18.1 Å². The zero-order valence-electron chi connectivity index (χ0n) is 14.8. The summed E-state index contributed by atoms with van der Waals surface area (Å²) in [5.74, 6) is -1.82. The Morgan fingerprint density at radius 3 is 2.66 bits per heavy atom. The standard InChI is InChI=1S/C20H13ClF2N4O2/c21-13-5-3-12(4-6-13)19-25-20(29-26-19)17-2-1-9-27(17)11-18(28)24-14-7-8-15(22)16(23)10-14/h1-10H,11H2,(H,24,28). The lowest BCUT2D eigenvalue weighted by molar-refractivity contribution is -0.116. The first-order valence-corrected chi connectivity index (χ1v) is 8.87. The quantitative estimate of drug-likeness (QED) is 0.510. The molecule has 0 saturated heterocycles. The van der Waals surface area contributed by atoms with Crippen molar-refractivity contribution in [3.05, 3.63) is 77.5 Å². The van der Waals surface area contributed by atoms with Crippen LogP contribution in [0.4, 0.5) is 14.5 Å². The maximum Gasteiger partial charge on any atom is 0.274 e. The summed E-state index contributed by atoms with van der Waals surface area (Å²) in [5.41, 5.74) is 1.43. The summed E-state index contributed by atoms with van der Waals surface area (Å²) in [5, 5.41) is 7.07. The van der Waals surface area contributed by atoms with Crippen LogP contribution in [0, 0.1) is 11.6 Å². The molecule has 146 valence electrons. The number of hydrogen-bond acceptors (Lipinski definition) is 4. The maximum atomic E-state index is 13.3. The van der Waals surface area contributed by atoms with E-state index in [4.69, 9.17) is 16.1 Å². The van der Waals surface area contributed by atoms with Gasteiger partial charge in [0.1, 0.15) is 12.2 Å². The molecule has 0 spiro atoms. The van der Waals surface area contributed by atoms with Gasteiger partial charge in [-0.15, -0.1) is 0 Å². The molecule has 0 fully saturated rings. The number of carbonyl (C=O) groups excluding carboxylic acids is 1. The van der Waals surface area contributed by atoms with Gasteiger partial charge in [-0.2, -0.15) is 4.98 Å². The van der Waals surface area contributed by atoms with Gasteiger partial charge in [-0.05, 0) is 48.5 Å². The fourth-order valence-corrected chi connectivity index (χ4v) is 2.84. The highest BCUT2D eigenvalue weighted by Gasteiger charge is 2.16. The Morgan fingerprint density at radius 1 is 1.10 bits per heavy atom. The average Bonchev–Trinajstić information content (AvgIpc) is 3.34. The van der Waals surface area contributed by atoms with Crippen LogP contribution in [0.1, 0.15) is 0 Å². The molecule has 6 nitrogen and oxygen atoms in total. The van der Waals surface area contributed by atoms with Gasteiger partial charge in [0.15, 0.2) is 11.6 Å². The molecule has 0 saturated carbocycles. The molecule has 4 aromatic rings. The zero-order chi connectivity index (χ0) is 20.4. The van der Waals surface area contributed by atoms with Crippen molar-refractivity contribution in [2.75, 3.05) is 5.32 Å². The van der Waals surface area contributed by atoms with Crippen molar-refractivity contribution in [1.29, 1.82) is 0 Å². The van der Waals surface area contributed by atoms with E-state index in [2.05, 4.69) is 15.5 Å². The second-order valence-electron chi connectivity index (χ2n) is 6.13. The molecule has 29 heavy (non-hydrogen) atoms. The van der Waals surface area contributed by atoms with E-state index in [1.54, 1.807) is 47.2 Å². The summed E-state index contributed by atoms with van der Waals surface area (Å²) in [6, 6.07) is 13.6. The van der Waals surface area contributed by atoms with E-state index in [1.165, 1.54) is 6.07 Å². The van der Waals surface area contributed by atoms with Crippen LogP contribution in [0.25, 0.3) is 23.0 Å². The van der Waals surface area contributed by atoms with Crippen LogP contribution < -0.4 is 5.32 Å². The smallest absolute Gasteiger partial charge is 0.274 e. The highest BCUT2D eigenvalue weighted by atomic mass is 35.5. The molecule has 0 unspecified atom stereocenters. The monoisotopic (exact) mass is 414 g/mol. The lowest BCUT2D eigenvalue weighted by Crippen LogP contribution is -2.19. The van der Waals surface area contributed by atoms with E-state index in [0.29, 0.717) is 16.5 Å². The molecular formula is C20H13ClF2N4O2. The largest absolute Gasteiger partial charge is 0.334 e. The van der Waals surface area contributed by atoms with Crippen LogP contribution in [-0.4, -0.2) is 20.6 Å². The number of halogens is 3. The molecular weight excluding hydrogens is 402 g/mol. The summed E-state index contributed by atoms with van der Waals surface area (Å²) >= 11 is 5.88. The molecule has 2 heterocycles. The zero-order valence-corrected chi connectivity index (χ0v) is 15.5. The molecule has 2 aromatic heterocycles. The summed E-state index contributed by atoms with van der Waals surface area (Å²) in [7, 11) is 0. The Bertz CT molecular complexity index is 1170. The van der Waals surface area contributed by atoms with Crippen LogP contribution in [0.5, 0.6) is 0 Å². The molecule has 9 heteroatoms. The number of nitrogens with one attached hydrogen (secondary N) is 1. The molecule has 0 aliphatic rings. The van der Waals surface area contributed by atoms with Crippen molar-refractivity contribution in [2.24, 2.45) is 0 Å². The van der Waals surface area contributed by atoms with E-state index in [0.717, 1.165) is 17.7 Å². The number of amides is 1. The van der Waals surface area contributed by atoms with Crippen molar-refractivity contribution in [3.63, 3.8) is 0 Å². The molecule has 1 amide bonds. The third-order valence-electron chi connectivity index (χ3n) is 4.09. The highest BCUT2D eigenvalue weighted by Crippen LogP contribution is 2.24. The minimum absolute atomic E-state index is 0.0833. The second kappa shape index (κ2) is 7.84. The SMILES string of the molecule is O=C(Cn1cccc1-c1nc(-c2ccc(Cl)cc2)no1)Nc1ccc(F)c(F)c1. The van der Waals surface area contributed by atoms with Crippen molar-refractivity contribution >= 4 is 23.2 Å². The number of nitrogens with zero attached hydrogens (tertiary/aromatic N) is 3. The number of aromatic nitrogens is 3. The third-order valence-corrected chi connectivity index (χ3v) is 4.35. The number of benzene rings is 2. The minimum Gasteiger partial charge on any atom is -0.334 e. The molecule has 0 aliphatic carbocycles. The van der Waals surface area contributed by atoms with Gasteiger partial charge in [0.05, 0.1) is 0 Å². The van der Waals surface area contributed by atoms with E-state index in [9.17, 15) is 13.6 Å². The summed E-state index contributed by atoms with van der Waals surface area (Å²) < 4.78 is 33.2. The van der Waals surface area contributed by atoms with E-state index in [1.807, 2.05) is 0 Å². The van der Waals surface area contributed by atoms with Gasteiger partial charge < -0.3 is 14.4 Å². The number of rotatable bonds is 5. The number of hydrogen-bond donors (Lipinski definition) is 1. The van der Waals surface area contributed by atoms with Crippen LogP contribution in [0.15, 0.2) is 65.3 Å². The van der Waals surface area contributed by atoms with E-state index >= 15 is 0 Å². The first kappa shape index (κ1) is 18.8. The second-order valence-corrected chi connectivity index (χ2v) is 6.56. The average molecular weight is 415 g/mol. The summed E-state index contributed by atoms with van der Waals surface area (Å²) in [4.78, 5) is 16.7. The Kier molecular flexibility index (Phi) is 5.09. The van der Waals surface area contributed by atoms with Gasteiger partial charge >= 0.3 is 0 Å². The molecule has 0 atom stereocenters. The maximum absolute atomic E-state index is 13.3. The third kappa shape index (κ3) is 4.17. The van der Waals surface area contributed by atoms with Crippen molar-refractivity contribution in [1.82, 2.24) is 14.7 Å². The number of carbonyl (C=O) groups is 1. The lowest BCUT2D eigenvalue weighted by Gasteiger charge is -2.08. The number of anilines is 1. The molecule has 0 bridgehead atoms. The van der Waals surface area contributed by atoms with Gasteiger partial charge in [0, 0.05) is 28.5 Å². The fraction of sp³-hybridized carbons (Fsp3) is 0.0500. The summed E-state index contributed by atoms with van der Waals surface area (Å²) in [6.45, 7) is -0.0833. The van der Waals surface area contributed by atoms with Crippen LogP contribution in [-0.2, 0) is 11.3 Å². The first-order valence-electron chi connectivity index (χ1n) is 8.49. The predicted octanol–water partition coefficient (Wildman–Crippen LogP) is 4.78. The first-order chi connectivity index (χ1) is 14.0. The Morgan fingerprint density at radius 2 is 1.90 bits per heavy atom. The Hall–Kier alpha value is -3.52. The van der Waals surface area contributed by atoms with Crippen LogP contribution in [0.3, 0.4) is 0 Å². The van der Waals surface area contributed by atoms with Gasteiger partial charge in [0.25, 0.3) is 5.89 Å². The van der Waals surface area contributed by atoms with Gasteiger partial charge in [-0.3, -0.25) is 4.79 Å². The van der Waals surface area contributed by atoms with Crippen LogP contribution >= 0.6 is 11.6 Å². The fourth-order valence-electron chi connectivity index (χ4n) is 2.72. The van der Waals surface area contributed by atoms with E-state index in [-0.39, 0.29) is 18.1 Å². The Labute approximate surface area is 168 Å². The molecule has 0 radical (unpaired) electrons. The van der Waals surface area contributed by atoms with Crippen LogP contribution in [0.2, 0.25) is 5.02 Å². The summed E-state index contributed by atoms with van der Waals surface area (Å²) in [6.07, 6.45) is 1.67. The molecule has 1 N–H and O–H groups in total. The molecule has 4 rings (SSSR count). The topological polar surface area (TPSA) is 73.0 Å². The Balaban J connectivity index is 1.50. The lowest BCUT2D eigenvalue weighted by atomic mass is 10.2. The van der Waals surface area contributed by atoms with Gasteiger partial charge in [-0.1, -0.05) is 16.8 Å². The minimum atomic E-state index is -1.04.